The normalized spacial score (nSPS) is 31.8. The van der Waals surface area contributed by atoms with E-state index in [4.69, 9.17) is 9.84 Å². The number of halogens is 3. The Kier molecular flexibility index (Phi) is 3.55. The van der Waals surface area contributed by atoms with E-state index >= 15 is 0 Å². The summed E-state index contributed by atoms with van der Waals surface area (Å²) in [5.41, 5.74) is 0. The average Bonchev–Trinajstić information content (AvgIpc) is 2.53. The largest absolute Gasteiger partial charge is 0.372 e. The van der Waals surface area contributed by atoms with Gasteiger partial charge in [-0.1, -0.05) is 6.08 Å². The van der Waals surface area contributed by atoms with Gasteiger partial charge in [-0.05, 0) is 18.8 Å². The van der Waals surface area contributed by atoms with Crippen molar-refractivity contribution in [3.8, 4) is 0 Å². The summed E-state index contributed by atoms with van der Waals surface area (Å²) in [4.78, 5) is 0. The Balaban J connectivity index is 2.52. The predicted octanol–water partition coefficient (Wildman–Crippen LogP) is 1.89. The van der Waals surface area contributed by atoms with Crippen LogP contribution in [0.3, 0.4) is 0 Å². The highest BCUT2D eigenvalue weighted by molar-refractivity contribution is 4.88. The topological polar surface area (TPSA) is 29.5 Å². The van der Waals surface area contributed by atoms with Crippen LogP contribution in [0.4, 0.5) is 13.2 Å². The highest BCUT2D eigenvalue weighted by Gasteiger charge is 2.50. The Labute approximate surface area is 80.4 Å². The van der Waals surface area contributed by atoms with Gasteiger partial charge in [-0.25, -0.2) is 13.2 Å². The molecule has 5 heteroatoms. The lowest BCUT2D eigenvalue weighted by molar-refractivity contribution is -0.241. The molecule has 1 aliphatic heterocycles. The van der Waals surface area contributed by atoms with E-state index < -0.39 is 18.4 Å². The van der Waals surface area contributed by atoms with Gasteiger partial charge in [0.1, 0.15) is 6.10 Å². The molecule has 0 saturated carbocycles. The average molecular weight is 210 g/mol. The zero-order valence-corrected chi connectivity index (χ0v) is 7.63. The molecule has 0 bridgehead atoms. The molecule has 0 aromatic rings. The SMILES string of the molecule is C=CCC1COC(C(O)(F)C(F)F)C1. The van der Waals surface area contributed by atoms with Crippen LogP contribution in [0.2, 0.25) is 0 Å². The fourth-order valence-electron chi connectivity index (χ4n) is 1.51. The summed E-state index contributed by atoms with van der Waals surface area (Å²) in [5.74, 6) is -3.56. The summed E-state index contributed by atoms with van der Waals surface area (Å²) in [6, 6.07) is 0. The molecule has 0 spiro atoms. The van der Waals surface area contributed by atoms with Gasteiger partial charge in [-0.3, -0.25) is 0 Å². The van der Waals surface area contributed by atoms with E-state index in [0.717, 1.165) is 0 Å². The first kappa shape index (κ1) is 11.5. The number of alkyl halides is 3. The Morgan fingerprint density at radius 1 is 1.64 bits per heavy atom. The van der Waals surface area contributed by atoms with Gasteiger partial charge in [0.2, 0.25) is 0 Å². The molecule has 0 radical (unpaired) electrons. The van der Waals surface area contributed by atoms with Crippen LogP contribution in [-0.2, 0) is 4.74 Å². The van der Waals surface area contributed by atoms with Crippen molar-refractivity contribution in [2.24, 2.45) is 5.92 Å². The van der Waals surface area contributed by atoms with Gasteiger partial charge >= 0.3 is 0 Å². The maximum absolute atomic E-state index is 13.0. The van der Waals surface area contributed by atoms with Gasteiger partial charge in [0.15, 0.2) is 0 Å². The molecule has 0 amide bonds. The molecule has 0 aliphatic carbocycles. The Hall–Kier alpha value is -0.550. The highest BCUT2D eigenvalue weighted by Crippen LogP contribution is 2.34. The lowest BCUT2D eigenvalue weighted by Crippen LogP contribution is -2.44. The minimum absolute atomic E-state index is 0.0291. The molecule has 0 aromatic carbocycles. The van der Waals surface area contributed by atoms with Crippen LogP contribution >= 0.6 is 0 Å². The van der Waals surface area contributed by atoms with E-state index in [1.807, 2.05) is 0 Å². The molecule has 1 aliphatic rings. The van der Waals surface area contributed by atoms with Crippen molar-refractivity contribution in [2.45, 2.75) is 31.2 Å². The second kappa shape index (κ2) is 4.31. The molecule has 1 N–H and O–H groups in total. The van der Waals surface area contributed by atoms with Gasteiger partial charge in [0, 0.05) is 0 Å². The summed E-state index contributed by atoms with van der Waals surface area (Å²) < 4.78 is 41.9. The van der Waals surface area contributed by atoms with Gasteiger partial charge in [0.05, 0.1) is 6.61 Å². The first-order valence-electron chi connectivity index (χ1n) is 4.40. The zero-order valence-electron chi connectivity index (χ0n) is 7.63. The van der Waals surface area contributed by atoms with Crippen molar-refractivity contribution in [1.82, 2.24) is 0 Å². The molecule has 1 rings (SSSR count). The first-order chi connectivity index (χ1) is 6.48. The van der Waals surface area contributed by atoms with Crippen LogP contribution < -0.4 is 0 Å². The predicted molar refractivity (Wildman–Crippen MR) is 44.7 cm³/mol. The smallest absolute Gasteiger partial charge is 0.298 e. The quantitative estimate of drug-likeness (QED) is 0.718. The number of ether oxygens (including phenoxy) is 1. The van der Waals surface area contributed by atoms with E-state index in [1.54, 1.807) is 6.08 Å². The molecule has 82 valence electrons. The third-order valence-corrected chi connectivity index (χ3v) is 2.34. The van der Waals surface area contributed by atoms with E-state index in [2.05, 4.69) is 6.58 Å². The molecule has 1 saturated heterocycles. The lowest BCUT2D eigenvalue weighted by Gasteiger charge is -2.23. The molecule has 3 atom stereocenters. The fourth-order valence-corrected chi connectivity index (χ4v) is 1.51. The van der Waals surface area contributed by atoms with Crippen LogP contribution in [0.15, 0.2) is 12.7 Å². The molecule has 14 heavy (non-hydrogen) atoms. The van der Waals surface area contributed by atoms with E-state index in [9.17, 15) is 13.2 Å². The molecule has 3 unspecified atom stereocenters. The number of aliphatic hydroxyl groups is 1. The summed E-state index contributed by atoms with van der Waals surface area (Å²) in [7, 11) is 0. The highest BCUT2D eigenvalue weighted by atomic mass is 19.3. The van der Waals surface area contributed by atoms with Crippen LogP contribution in [0, 0.1) is 5.92 Å². The van der Waals surface area contributed by atoms with Crippen molar-refractivity contribution in [3.05, 3.63) is 12.7 Å². The Morgan fingerprint density at radius 3 is 2.79 bits per heavy atom. The van der Waals surface area contributed by atoms with Gasteiger partial charge in [-0.2, -0.15) is 0 Å². The molecule has 0 aromatic heterocycles. The van der Waals surface area contributed by atoms with Crippen molar-refractivity contribution >= 4 is 0 Å². The Morgan fingerprint density at radius 2 is 2.29 bits per heavy atom. The van der Waals surface area contributed by atoms with Crippen LogP contribution in [0.5, 0.6) is 0 Å². The molecular weight excluding hydrogens is 197 g/mol. The minimum atomic E-state index is -3.53. The Bertz CT molecular complexity index is 206. The van der Waals surface area contributed by atoms with Crippen molar-refractivity contribution in [2.75, 3.05) is 6.61 Å². The molecular formula is C9H13F3O2. The van der Waals surface area contributed by atoms with E-state index in [0.29, 0.717) is 6.42 Å². The van der Waals surface area contributed by atoms with E-state index in [1.165, 1.54) is 0 Å². The molecule has 1 fully saturated rings. The molecule has 2 nitrogen and oxygen atoms in total. The monoisotopic (exact) mass is 210 g/mol. The number of rotatable bonds is 4. The van der Waals surface area contributed by atoms with E-state index in [-0.39, 0.29) is 18.9 Å². The van der Waals surface area contributed by atoms with Crippen molar-refractivity contribution < 1.29 is 23.0 Å². The van der Waals surface area contributed by atoms with Gasteiger partial charge in [0.25, 0.3) is 12.3 Å². The van der Waals surface area contributed by atoms with Crippen molar-refractivity contribution in [1.29, 1.82) is 0 Å². The second-order valence-electron chi connectivity index (χ2n) is 3.48. The lowest BCUT2D eigenvalue weighted by atomic mass is 9.98. The number of allylic oxidation sites excluding steroid dienone is 1. The minimum Gasteiger partial charge on any atom is -0.372 e. The van der Waals surface area contributed by atoms with Crippen LogP contribution in [-0.4, -0.2) is 30.1 Å². The summed E-state index contributed by atoms with van der Waals surface area (Å²) in [5, 5.41) is 8.81. The summed E-state index contributed by atoms with van der Waals surface area (Å²) >= 11 is 0. The fraction of sp³-hybridized carbons (Fsp3) is 0.778. The van der Waals surface area contributed by atoms with Crippen molar-refractivity contribution in [3.63, 3.8) is 0 Å². The van der Waals surface area contributed by atoms with Crippen LogP contribution in [0.25, 0.3) is 0 Å². The number of hydrogen-bond donors (Lipinski definition) is 1. The summed E-state index contributed by atoms with van der Waals surface area (Å²) in [6.45, 7) is 3.68. The maximum atomic E-state index is 13.0. The van der Waals surface area contributed by atoms with Crippen LogP contribution in [0.1, 0.15) is 12.8 Å². The van der Waals surface area contributed by atoms with Gasteiger partial charge in [-0.15, -0.1) is 6.58 Å². The maximum Gasteiger partial charge on any atom is 0.298 e. The first-order valence-corrected chi connectivity index (χ1v) is 4.40. The second-order valence-corrected chi connectivity index (χ2v) is 3.48. The summed E-state index contributed by atoms with van der Waals surface area (Å²) in [6.07, 6.45) is -2.56. The van der Waals surface area contributed by atoms with Gasteiger partial charge < -0.3 is 9.84 Å². The third kappa shape index (κ3) is 2.27. The zero-order chi connectivity index (χ0) is 10.8. The number of hydrogen-bond acceptors (Lipinski definition) is 2. The third-order valence-electron chi connectivity index (χ3n) is 2.34. The standard InChI is InChI=1S/C9H13F3O2/c1-2-3-6-4-7(14-5-6)9(12,13)8(10)11/h2,6-8,13H,1,3-5H2. The molecule has 1 heterocycles.